The highest BCUT2D eigenvalue weighted by molar-refractivity contribution is 6.33. The molecular weight excluding hydrogens is 346 g/mol. The van der Waals surface area contributed by atoms with E-state index in [1.807, 2.05) is 13.8 Å². The second kappa shape index (κ2) is 8.43. The van der Waals surface area contributed by atoms with Crippen LogP contribution in [0.1, 0.15) is 41.6 Å². The van der Waals surface area contributed by atoms with Crippen molar-refractivity contribution in [1.82, 2.24) is 15.3 Å². The number of amides is 1. The van der Waals surface area contributed by atoms with Crippen LogP contribution >= 0.6 is 11.6 Å². The van der Waals surface area contributed by atoms with E-state index in [0.29, 0.717) is 11.6 Å². The normalized spacial score (nSPS) is 10.6. The van der Waals surface area contributed by atoms with E-state index in [-0.39, 0.29) is 23.2 Å². The number of nitrogens with one attached hydrogen (secondary N) is 1. The third kappa shape index (κ3) is 5.42. The van der Waals surface area contributed by atoms with Crippen molar-refractivity contribution < 1.29 is 19.4 Å². The maximum absolute atomic E-state index is 12.3. The van der Waals surface area contributed by atoms with E-state index in [9.17, 15) is 9.59 Å². The summed E-state index contributed by atoms with van der Waals surface area (Å²) in [5.41, 5.74) is 0.879. The summed E-state index contributed by atoms with van der Waals surface area (Å²) < 4.78 is 5.11. The van der Waals surface area contributed by atoms with Crippen LogP contribution in [0.25, 0.3) is 0 Å². The molecule has 0 aliphatic heterocycles. The van der Waals surface area contributed by atoms with Gasteiger partial charge in [0, 0.05) is 12.5 Å². The van der Waals surface area contributed by atoms with Crippen LogP contribution in [0.4, 0.5) is 0 Å². The number of hydrogen-bond donors (Lipinski definition) is 2. The lowest BCUT2D eigenvalue weighted by molar-refractivity contribution is -0.139. The van der Waals surface area contributed by atoms with Crippen LogP contribution in [-0.2, 0) is 11.3 Å². The van der Waals surface area contributed by atoms with Gasteiger partial charge in [-0.25, -0.2) is 14.8 Å². The van der Waals surface area contributed by atoms with E-state index in [4.69, 9.17) is 21.4 Å². The zero-order valence-electron chi connectivity index (χ0n) is 13.8. The first-order valence-corrected chi connectivity index (χ1v) is 7.98. The Labute approximate surface area is 150 Å². The molecule has 0 aliphatic rings. The van der Waals surface area contributed by atoms with Crippen LogP contribution in [0.2, 0.25) is 5.02 Å². The molecule has 0 atom stereocenters. The molecule has 0 saturated heterocycles. The quantitative estimate of drug-likeness (QED) is 0.784. The minimum Gasteiger partial charge on any atom is -0.482 e. The highest BCUT2D eigenvalue weighted by atomic mass is 35.5. The fraction of sp³-hybridized carbons (Fsp3) is 0.294. The average Bonchev–Trinajstić information content (AvgIpc) is 2.58. The van der Waals surface area contributed by atoms with E-state index in [0.717, 1.165) is 5.56 Å². The molecule has 0 spiro atoms. The Morgan fingerprint density at radius 3 is 2.80 bits per heavy atom. The molecule has 0 unspecified atom stereocenters. The highest BCUT2D eigenvalue weighted by Crippen LogP contribution is 2.17. The van der Waals surface area contributed by atoms with Crippen LogP contribution in [0.5, 0.6) is 5.75 Å². The second-order valence-corrected chi connectivity index (χ2v) is 6.00. The van der Waals surface area contributed by atoms with Gasteiger partial charge in [-0.1, -0.05) is 37.6 Å². The summed E-state index contributed by atoms with van der Waals surface area (Å²) in [4.78, 5) is 31.2. The Hall–Kier alpha value is -2.67. The van der Waals surface area contributed by atoms with Gasteiger partial charge in [-0.3, -0.25) is 4.79 Å². The molecule has 25 heavy (non-hydrogen) atoms. The Bertz CT molecular complexity index is 780. The van der Waals surface area contributed by atoms with E-state index in [1.165, 1.54) is 6.20 Å². The fourth-order valence-electron chi connectivity index (χ4n) is 1.97. The van der Waals surface area contributed by atoms with E-state index in [2.05, 4.69) is 15.3 Å². The molecule has 2 rings (SSSR count). The predicted octanol–water partition coefficient (Wildman–Crippen LogP) is 2.65. The van der Waals surface area contributed by atoms with Gasteiger partial charge >= 0.3 is 5.97 Å². The Balaban J connectivity index is 2.04. The van der Waals surface area contributed by atoms with Gasteiger partial charge in [-0.2, -0.15) is 0 Å². The van der Waals surface area contributed by atoms with Crippen LogP contribution in [-0.4, -0.2) is 33.6 Å². The average molecular weight is 364 g/mol. The molecule has 1 amide bonds. The molecule has 0 fully saturated rings. The summed E-state index contributed by atoms with van der Waals surface area (Å²) >= 11 is 6.01. The fourth-order valence-corrected chi connectivity index (χ4v) is 2.15. The van der Waals surface area contributed by atoms with Crippen molar-refractivity contribution in [2.45, 2.75) is 26.3 Å². The van der Waals surface area contributed by atoms with Crippen molar-refractivity contribution in [3.05, 3.63) is 52.6 Å². The molecule has 8 heteroatoms. The van der Waals surface area contributed by atoms with Crippen LogP contribution < -0.4 is 10.1 Å². The summed E-state index contributed by atoms with van der Waals surface area (Å²) in [6.07, 6.45) is 1.42. The largest absolute Gasteiger partial charge is 0.482 e. The molecule has 7 nitrogen and oxygen atoms in total. The lowest BCUT2D eigenvalue weighted by Gasteiger charge is -2.10. The third-order valence-corrected chi connectivity index (χ3v) is 3.48. The first-order chi connectivity index (χ1) is 11.9. The number of halogens is 1. The molecule has 2 aromatic rings. The van der Waals surface area contributed by atoms with Gasteiger partial charge in [0.15, 0.2) is 6.61 Å². The van der Waals surface area contributed by atoms with Gasteiger partial charge < -0.3 is 15.2 Å². The number of carboxylic acid groups (broad SMARTS) is 1. The third-order valence-electron chi connectivity index (χ3n) is 3.21. The first-order valence-electron chi connectivity index (χ1n) is 7.61. The number of aliphatic carboxylic acids is 1. The lowest BCUT2D eigenvalue weighted by atomic mass is 10.2. The van der Waals surface area contributed by atoms with Crippen LogP contribution in [0, 0.1) is 0 Å². The minimum atomic E-state index is -1.06. The number of carboxylic acids is 1. The number of carbonyl (C=O) groups excluding carboxylic acids is 1. The molecule has 0 aliphatic carbocycles. The smallest absolute Gasteiger partial charge is 0.341 e. The number of ether oxygens (including phenoxy) is 1. The molecule has 2 N–H and O–H groups in total. The Morgan fingerprint density at radius 1 is 1.36 bits per heavy atom. The van der Waals surface area contributed by atoms with Gasteiger partial charge in [-0.15, -0.1) is 0 Å². The molecule has 0 radical (unpaired) electrons. The summed E-state index contributed by atoms with van der Waals surface area (Å²) in [5, 5.41) is 11.5. The van der Waals surface area contributed by atoms with E-state index >= 15 is 0 Å². The van der Waals surface area contributed by atoms with Crippen LogP contribution in [0.3, 0.4) is 0 Å². The number of rotatable bonds is 7. The number of nitrogens with zero attached hydrogens (tertiary/aromatic N) is 2. The van der Waals surface area contributed by atoms with E-state index in [1.54, 1.807) is 24.3 Å². The first kappa shape index (κ1) is 18.7. The second-order valence-electron chi connectivity index (χ2n) is 5.59. The monoisotopic (exact) mass is 363 g/mol. The number of carbonyl (C=O) groups is 2. The summed E-state index contributed by atoms with van der Waals surface area (Å²) in [5.74, 6) is -0.439. The zero-order valence-corrected chi connectivity index (χ0v) is 14.6. The number of aromatic nitrogens is 2. The lowest BCUT2D eigenvalue weighted by Crippen LogP contribution is -2.25. The minimum absolute atomic E-state index is 0.0758. The van der Waals surface area contributed by atoms with Gasteiger partial charge in [0.1, 0.15) is 17.3 Å². The Kier molecular flexibility index (Phi) is 6.30. The van der Waals surface area contributed by atoms with Gasteiger partial charge in [0.05, 0.1) is 11.2 Å². The zero-order chi connectivity index (χ0) is 18.4. The molecule has 1 heterocycles. The number of hydrogen-bond acceptors (Lipinski definition) is 5. The maximum Gasteiger partial charge on any atom is 0.341 e. The summed E-state index contributed by atoms with van der Waals surface area (Å²) in [7, 11) is 0. The van der Waals surface area contributed by atoms with Crippen molar-refractivity contribution in [1.29, 1.82) is 0 Å². The summed E-state index contributed by atoms with van der Waals surface area (Å²) in [6, 6.07) is 6.80. The van der Waals surface area contributed by atoms with Crippen molar-refractivity contribution in [2.75, 3.05) is 6.61 Å². The van der Waals surface area contributed by atoms with E-state index < -0.39 is 18.5 Å². The maximum atomic E-state index is 12.3. The van der Waals surface area contributed by atoms with Crippen molar-refractivity contribution in [3.8, 4) is 5.75 Å². The Morgan fingerprint density at radius 2 is 2.12 bits per heavy atom. The molecule has 132 valence electrons. The SMILES string of the molecule is CC(C)c1ncc(Cl)c(C(=O)NCc2cccc(OCC(=O)O)c2)n1. The molecule has 1 aromatic carbocycles. The van der Waals surface area contributed by atoms with Crippen molar-refractivity contribution in [2.24, 2.45) is 0 Å². The van der Waals surface area contributed by atoms with Crippen LogP contribution in [0.15, 0.2) is 30.5 Å². The van der Waals surface area contributed by atoms with Gasteiger partial charge in [-0.05, 0) is 17.7 Å². The predicted molar refractivity (Wildman–Crippen MR) is 91.9 cm³/mol. The molecule has 0 saturated carbocycles. The standard InChI is InChI=1S/C17H18ClN3O4/c1-10(2)16-19-8-13(18)15(21-16)17(24)20-7-11-4-3-5-12(6-11)25-9-14(22)23/h3-6,8,10H,7,9H2,1-2H3,(H,20,24)(H,22,23). The molecule has 0 bridgehead atoms. The van der Waals surface area contributed by atoms with Crippen molar-refractivity contribution in [3.63, 3.8) is 0 Å². The summed E-state index contributed by atoms with van der Waals surface area (Å²) in [6.45, 7) is 3.64. The van der Waals surface area contributed by atoms with Crippen molar-refractivity contribution >= 4 is 23.5 Å². The molecule has 1 aromatic heterocycles. The molecular formula is C17H18ClN3O4. The number of benzene rings is 1. The topological polar surface area (TPSA) is 101 Å². The highest BCUT2D eigenvalue weighted by Gasteiger charge is 2.15. The van der Waals surface area contributed by atoms with Gasteiger partial charge in [0.25, 0.3) is 5.91 Å². The van der Waals surface area contributed by atoms with Gasteiger partial charge in [0.2, 0.25) is 0 Å².